The number of nitrogens with one attached hydrogen (secondary N) is 1. The van der Waals surface area contributed by atoms with Gasteiger partial charge in [-0.2, -0.15) is 5.10 Å². The van der Waals surface area contributed by atoms with Gasteiger partial charge in [-0.05, 0) is 43.3 Å². The number of carbonyl (C=O) groups excluding carboxylic acids is 1. The number of rotatable bonds is 9. The fourth-order valence-electron chi connectivity index (χ4n) is 3.07. The normalized spacial score (nSPS) is 11.3. The van der Waals surface area contributed by atoms with E-state index in [0.717, 1.165) is 9.87 Å². The molecule has 0 unspecified atom stereocenters. The number of aryl methyl sites for hydroxylation is 1. The first-order chi connectivity index (χ1) is 16.3. The first kappa shape index (κ1) is 24.6. The van der Waals surface area contributed by atoms with Gasteiger partial charge in [0.1, 0.15) is 12.3 Å². The van der Waals surface area contributed by atoms with E-state index in [1.165, 1.54) is 44.7 Å². The van der Waals surface area contributed by atoms with E-state index >= 15 is 0 Å². The molecule has 1 amide bonds. The number of benzene rings is 3. The smallest absolute Gasteiger partial charge is 0.264 e. The van der Waals surface area contributed by atoms with E-state index < -0.39 is 22.5 Å². The van der Waals surface area contributed by atoms with Gasteiger partial charge in [0, 0.05) is 11.6 Å². The minimum absolute atomic E-state index is 0.00203. The Balaban J connectivity index is 1.90. The van der Waals surface area contributed by atoms with Gasteiger partial charge in [0.15, 0.2) is 11.5 Å². The molecule has 0 aliphatic heterocycles. The molecule has 0 aliphatic rings. The molecule has 3 aromatic rings. The van der Waals surface area contributed by atoms with Crippen molar-refractivity contribution in [3.8, 4) is 17.2 Å². The standard InChI is InChI=1S/C24H25N3O6S/c1-17-8-10-19(11-9-17)27(16-24(29)26-25-15-18-6-4-5-7-21(18)28)34(30,31)20-12-13-22(32-2)23(14-20)33-3/h4-15,28H,16H2,1-3H3,(H,26,29)/b25-15-. The molecule has 0 aromatic heterocycles. The summed E-state index contributed by atoms with van der Waals surface area (Å²) in [6, 6.07) is 17.4. The van der Waals surface area contributed by atoms with Crippen molar-refractivity contribution in [1.82, 2.24) is 5.43 Å². The first-order valence-corrected chi connectivity index (χ1v) is 11.6. The maximum absolute atomic E-state index is 13.5. The average Bonchev–Trinajstić information content (AvgIpc) is 2.83. The Morgan fingerprint density at radius 2 is 1.71 bits per heavy atom. The van der Waals surface area contributed by atoms with Gasteiger partial charge in [0.05, 0.1) is 31.0 Å². The lowest BCUT2D eigenvalue weighted by Crippen LogP contribution is -2.39. The molecule has 34 heavy (non-hydrogen) atoms. The highest BCUT2D eigenvalue weighted by Crippen LogP contribution is 2.32. The molecule has 0 heterocycles. The van der Waals surface area contributed by atoms with Crippen LogP contribution in [0.15, 0.2) is 76.7 Å². The van der Waals surface area contributed by atoms with Crippen LogP contribution in [-0.2, 0) is 14.8 Å². The molecule has 0 aliphatic carbocycles. The molecule has 0 fully saturated rings. The molecule has 3 rings (SSSR count). The Hall–Kier alpha value is -4.05. The monoisotopic (exact) mass is 483 g/mol. The van der Waals surface area contributed by atoms with Crippen molar-refractivity contribution >= 4 is 27.8 Å². The van der Waals surface area contributed by atoms with Gasteiger partial charge in [-0.3, -0.25) is 9.10 Å². The van der Waals surface area contributed by atoms with Gasteiger partial charge in [-0.1, -0.05) is 29.8 Å². The second kappa shape index (κ2) is 10.7. The van der Waals surface area contributed by atoms with Crippen molar-refractivity contribution in [2.45, 2.75) is 11.8 Å². The highest BCUT2D eigenvalue weighted by molar-refractivity contribution is 7.92. The summed E-state index contributed by atoms with van der Waals surface area (Å²) in [5, 5.41) is 13.6. The lowest BCUT2D eigenvalue weighted by Gasteiger charge is -2.24. The molecular formula is C24H25N3O6S. The molecule has 2 N–H and O–H groups in total. The van der Waals surface area contributed by atoms with E-state index in [-0.39, 0.29) is 16.4 Å². The number of ether oxygens (including phenoxy) is 2. The van der Waals surface area contributed by atoms with Gasteiger partial charge in [0.2, 0.25) is 0 Å². The van der Waals surface area contributed by atoms with E-state index in [0.29, 0.717) is 17.0 Å². The number of amides is 1. The zero-order chi connectivity index (χ0) is 24.7. The number of anilines is 1. The molecule has 0 atom stereocenters. The topological polar surface area (TPSA) is 118 Å². The van der Waals surface area contributed by atoms with Crippen molar-refractivity contribution in [1.29, 1.82) is 0 Å². The minimum Gasteiger partial charge on any atom is -0.507 e. The molecule has 0 saturated heterocycles. The van der Waals surface area contributed by atoms with E-state index in [1.54, 1.807) is 42.5 Å². The van der Waals surface area contributed by atoms with Crippen molar-refractivity contribution < 1.29 is 27.8 Å². The highest BCUT2D eigenvalue weighted by atomic mass is 32.2. The number of aromatic hydroxyl groups is 1. The lowest BCUT2D eigenvalue weighted by atomic mass is 10.2. The fraction of sp³-hybridized carbons (Fsp3) is 0.167. The fourth-order valence-corrected chi connectivity index (χ4v) is 4.50. The summed E-state index contributed by atoms with van der Waals surface area (Å²) < 4.78 is 38.5. The maximum Gasteiger partial charge on any atom is 0.264 e. The molecule has 0 saturated carbocycles. The Morgan fingerprint density at radius 3 is 2.35 bits per heavy atom. The largest absolute Gasteiger partial charge is 0.507 e. The number of hydrazone groups is 1. The second-order valence-electron chi connectivity index (χ2n) is 7.22. The number of methoxy groups -OCH3 is 2. The van der Waals surface area contributed by atoms with Crippen molar-refractivity contribution in [2.75, 3.05) is 25.1 Å². The van der Waals surface area contributed by atoms with Crippen LogP contribution in [-0.4, -0.2) is 46.4 Å². The second-order valence-corrected chi connectivity index (χ2v) is 9.08. The molecule has 0 bridgehead atoms. The van der Waals surface area contributed by atoms with Crippen LogP contribution in [0.1, 0.15) is 11.1 Å². The summed E-state index contributed by atoms with van der Waals surface area (Å²) in [7, 11) is -1.30. The molecule has 0 radical (unpaired) electrons. The van der Waals surface area contributed by atoms with Crippen molar-refractivity contribution in [3.63, 3.8) is 0 Å². The van der Waals surface area contributed by atoms with E-state index in [2.05, 4.69) is 10.5 Å². The summed E-state index contributed by atoms with van der Waals surface area (Å²) >= 11 is 0. The zero-order valence-corrected chi connectivity index (χ0v) is 19.7. The third kappa shape index (κ3) is 5.65. The van der Waals surface area contributed by atoms with Crippen molar-refractivity contribution in [2.24, 2.45) is 5.10 Å². The number of hydrogen-bond donors (Lipinski definition) is 2. The quantitative estimate of drug-likeness (QED) is 0.357. The number of para-hydroxylation sites is 1. The van der Waals surface area contributed by atoms with Crippen LogP contribution in [0, 0.1) is 6.92 Å². The Bertz CT molecular complexity index is 1290. The Labute approximate surface area is 198 Å². The van der Waals surface area contributed by atoms with Crippen molar-refractivity contribution in [3.05, 3.63) is 77.9 Å². The molecule has 3 aromatic carbocycles. The van der Waals surface area contributed by atoms with E-state index in [1.807, 2.05) is 6.92 Å². The van der Waals surface area contributed by atoms with Crippen LogP contribution in [0.3, 0.4) is 0 Å². The third-order valence-corrected chi connectivity index (χ3v) is 6.65. The highest BCUT2D eigenvalue weighted by Gasteiger charge is 2.28. The number of carbonyl (C=O) groups is 1. The molecule has 0 spiro atoms. The van der Waals surface area contributed by atoms with E-state index in [9.17, 15) is 18.3 Å². The summed E-state index contributed by atoms with van der Waals surface area (Å²) in [5.74, 6) is -0.0576. The third-order valence-electron chi connectivity index (χ3n) is 4.88. The van der Waals surface area contributed by atoms with E-state index in [4.69, 9.17) is 9.47 Å². The molecule has 178 valence electrons. The van der Waals surface area contributed by atoms with Gasteiger partial charge in [0.25, 0.3) is 15.9 Å². The van der Waals surface area contributed by atoms with Crippen LogP contribution >= 0.6 is 0 Å². The number of phenolic OH excluding ortho intramolecular Hbond substituents is 1. The SMILES string of the molecule is COc1ccc(S(=O)(=O)N(CC(=O)N/N=C\c2ccccc2O)c2ccc(C)cc2)cc1OC. The molecule has 9 nitrogen and oxygen atoms in total. The minimum atomic E-state index is -4.16. The molecular weight excluding hydrogens is 458 g/mol. The number of nitrogens with zero attached hydrogens (tertiary/aromatic N) is 2. The van der Waals surface area contributed by atoms with Gasteiger partial charge < -0.3 is 14.6 Å². The van der Waals surface area contributed by atoms with Crippen LogP contribution in [0.5, 0.6) is 17.2 Å². The van der Waals surface area contributed by atoms with Gasteiger partial charge in [-0.15, -0.1) is 0 Å². The summed E-state index contributed by atoms with van der Waals surface area (Å²) in [6.07, 6.45) is 1.27. The molecule has 10 heteroatoms. The summed E-state index contributed by atoms with van der Waals surface area (Å²) in [4.78, 5) is 12.6. The van der Waals surface area contributed by atoms with Crippen LogP contribution < -0.4 is 19.2 Å². The number of sulfonamides is 1. The Kier molecular flexibility index (Phi) is 7.75. The van der Waals surface area contributed by atoms with Crippen LogP contribution in [0.4, 0.5) is 5.69 Å². The number of hydrogen-bond acceptors (Lipinski definition) is 7. The predicted molar refractivity (Wildman–Crippen MR) is 129 cm³/mol. The predicted octanol–water partition coefficient (Wildman–Crippen LogP) is 3.06. The van der Waals surface area contributed by atoms with Crippen LogP contribution in [0.25, 0.3) is 0 Å². The maximum atomic E-state index is 13.5. The number of phenols is 1. The average molecular weight is 484 g/mol. The Morgan fingerprint density at radius 1 is 1.03 bits per heavy atom. The van der Waals surface area contributed by atoms with Crippen LogP contribution in [0.2, 0.25) is 0 Å². The lowest BCUT2D eigenvalue weighted by molar-refractivity contribution is -0.119. The first-order valence-electron chi connectivity index (χ1n) is 10.2. The zero-order valence-electron chi connectivity index (χ0n) is 18.9. The summed E-state index contributed by atoms with van der Waals surface area (Å²) in [6.45, 7) is 1.34. The van der Waals surface area contributed by atoms with Gasteiger partial charge in [-0.25, -0.2) is 13.8 Å². The summed E-state index contributed by atoms with van der Waals surface area (Å²) in [5.41, 5.74) is 3.94. The van der Waals surface area contributed by atoms with Gasteiger partial charge >= 0.3 is 0 Å².